The monoisotopic (exact) mass is 565 g/mol. The summed E-state index contributed by atoms with van der Waals surface area (Å²) >= 11 is 1.36. The number of amidine groups is 1. The van der Waals surface area contributed by atoms with Crippen LogP contribution in [0.5, 0.6) is 6.01 Å². The van der Waals surface area contributed by atoms with E-state index < -0.39 is 5.41 Å². The molecule has 4 rings (SSSR count). The molecular weight excluding hydrogens is 526 g/mol. The van der Waals surface area contributed by atoms with E-state index in [1.807, 2.05) is 7.05 Å². The molecule has 11 nitrogen and oxygen atoms in total. The van der Waals surface area contributed by atoms with Gasteiger partial charge in [-0.25, -0.2) is 0 Å². The number of nitrogen functional groups attached to an aromatic ring is 1. The Labute approximate surface area is 239 Å². The molecule has 0 aromatic carbocycles. The largest absolute Gasteiger partial charge is 0.456 e. The van der Waals surface area contributed by atoms with Crippen molar-refractivity contribution in [2.75, 3.05) is 50.4 Å². The first kappa shape index (κ1) is 29.5. The van der Waals surface area contributed by atoms with E-state index in [-0.39, 0.29) is 35.5 Å². The molecule has 0 bridgehead atoms. The molecule has 2 aromatic rings. The van der Waals surface area contributed by atoms with Crippen LogP contribution < -0.4 is 31.3 Å². The zero-order valence-electron chi connectivity index (χ0n) is 23.5. The fourth-order valence-corrected chi connectivity index (χ4v) is 6.48. The van der Waals surface area contributed by atoms with E-state index in [2.05, 4.69) is 50.4 Å². The molecule has 1 fully saturated rings. The predicted molar refractivity (Wildman–Crippen MR) is 158 cm³/mol. The molecule has 1 amide bonds. The number of thiophene rings is 1. The van der Waals surface area contributed by atoms with Gasteiger partial charge in [0, 0.05) is 42.7 Å². The van der Waals surface area contributed by atoms with Crippen molar-refractivity contribution in [3.05, 3.63) is 40.4 Å². The van der Waals surface area contributed by atoms with Crippen molar-refractivity contribution in [3.8, 4) is 12.1 Å². The third-order valence-corrected chi connectivity index (χ3v) is 8.85. The number of nitrogens with zero attached hydrogens (tertiary/aromatic N) is 4. The number of fused-ring (bicyclic) bond motifs is 1. The maximum atomic E-state index is 13.6. The molecule has 12 heteroatoms. The van der Waals surface area contributed by atoms with Gasteiger partial charge in [0.2, 0.25) is 5.91 Å². The van der Waals surface area contributed by atoms with Crippen LogP contribution in [-0.2, 0) is 16.6 Å². The third kappa shape index (κ3) is 6.11. The molecule has 0 saturated carbocycles. The van der Waals surface area contributed by atoms with Crippen LogP contribution in [0.1, 0.15) is 54.8 Å². The lowest BCUT2D eigenvalue weighted by atomic mass is 9.82. The molecule has 1 unspecified atom stereocenters. The SMILES string of the molecule is C=C[C@H](Oc1nc(C(=N)NC(=O)C2(C)CCc3sc(N)c(C#N)c32)cc(N2CCNCC2)n1)[C@@H](C)CCCNC. The van der Waals surface area contributed by atoms with Gasteiger partial charge in [-0.1, -0.05) is 19.6 Å². The Bertz CT molecular complexity index is 1300. The minimum atomic E-state index is -0.967. The number of aromatic nitrogens is 2. The number of hydrogen-bond acceptors (Lipinski definition) is 11. The highest BCUT2D eigenvalue weighted by molar-refractivity contribution is 7.16. The smallest absolute Gasteiger partial charge is 0.319 e. The standard InChI is InChI=1S/C28H39N9O2S/c1-5-20(17(2)7-6-10-32-4)39-27-34-19(15-22(35-27)37-13-11-33-12-14-37)24(30)36-26(38)28(3)9-8-21-23(28)18(16-29)25(31)40-21/h5,15,17,20,32-33H,1,6-14,31H2,2-4H3,(H2,30,36,38)/t17-,20-,28?/m0/s1. The lowest BCUT2D eigenvalue weighted by Crippen LogP contribution is -2.45. The van der Waals surface area contributed by atoms with E-state index in [4.69, 9.17) is 15.9 Å². The minimum absolute atomic E-state index is 0.141. The molecule has 40 heavy (non-hydrogen) atoms. The number of anilines is 2. The second-order valence-electron chi connectivity index (χ2n) is 10.6. The molecule has 1 aliphatic carbocycles. The zero-order valence-corrected chi connectivity index (χ0v) is 24.3. The summed E-state index contributed by atoms with van der Waals surface area (Å²) in [4.78, 5) is 25.9. The van der Waals surface area contributed by atoms with Crippen LogP contribution in [-0.4, -0.2) is 67.6 Å². The van der Waals surface area contributed by atoms with Crippen molar-refractivity contribution in [3.63, 3.8) is 0 Å². The summed E-state index contributed by atoms with van der Waals surface area (Å²) in [5.74, 6) is 0.307. The summed E-state index contributed by atoms with van der Waals surface area (Å²) in [6.07, 6.45) is 4.59. The van der Waals surface area contributed by atoms with Gasteiger partial charge in [0.15, 0.2) is 5.84 Å². The van der Waals surface area contributed by atoms with Crippen molar-refractivity contribution in [1.29, 1.82) is 10.7 Å². The van der Waals surface area contributed by atoms with E-state index in [0.717, 1.165) is 50.4 Å². The Balaban J connectivity index is 1.59. The molecule has 2 aromatic heterocycles. The van der Waals surface area contributed by atoms with Crippen LogP contribution in [0.2, 0.25) is 0 Å². The summed E-state index contributed by atoms with van der Waals surface area (Å²) < 4.78 is 6.22. The number of hydrogen-bond donors (Lipinski definition) is 5. The molecular formula is C28H39N9O2S. The molecule has 3 atom stereocenters. The maximum absolute atomic E-state index is 13.6. The highest BCUT2D eigenvalue weighted by Crippen LogP contribution is 2.47. The molecule has 0 spiro atoms. The normalized spacial score (nSPS) is 19.8. The van der Waals surface area contributed by atoms with E-state index in [9.17, 15) is 10.1 Å². The molecule has 1 saturated heterocycles. The molecule has 3 heterocycles. The minimum Gasteiger partial charge on any atom is -0.456 e. The highest BCUT2D eigenvalue weighted by atomic mass is 32.1. The Hall–Kier alpha value is -3.53. The van der Waals surface area contributed by atoms with Crippen LogP contribution in [0.3, 0.4) is 0 Å². The Morgan fingerprint density at radius 3 is 2.88 bits per heavy atom. The van der Waals surface area contributed by atoms with E-state index in [0.29, 0.717) is 34.8 Å². The number of ether oxygens (including phenoxy) is 1. The van der Waals surface area contributed by atoms with Crippen LogP contribution in [0, 0.1) is 22.7 Å². The lowest BCUT2D eigenvalue weighted by molar-refractivity contribution is -0.124. The average Bonchev–Trinajstić information content (AvgIpc) is 3.47. The van der Waals surface area contributed by atoms with Crippen molar-refractivity contribution >= 4 is 33.9 Å². The summed E-state index contributed by atoms with van der Waals surface area (Å²) in [7, 11) is 1.93. The Morgan fingerprint density at radius 2 is 2.20 bits per heavy atom. The number of carbonyl (C=O) groups is 1. The quantitative estimate of drug-likeness (QED) is 0.119. The third-order valence-electron chi connectivity index (χ3n) is 7.77. The van der Waals surface area contributed by atoms with E-state index in [1.54, 1.807) is 19.1 Å². The van der Waals surface area contributed by atoms with Gasteiger partial charge in [0.05, 0.1) is 11.0 Å². The molecule has 214 valence electrons. The van der Waals surface area contributed by atoms with Crippen molar-refractivity contribution in [1.82, 2.24) is 25.9 Å². The predicted octanol–water partition coefficient (Wildman–Crippen LogP) is 2.32. The van der Waals surface area contributed by atoms with Gasteiger partial charge in [-0.2, -0.15) is 15.2 Å². The van der Waals surface area contributed by atoms with Crippen molar-refractivity contribution < 1.29 is 9.53 Å². The van der Waals surface area contributed by atoms with Gasteiger partial charge in [-0.15, -0.1) is 11.3 Å². The first-order valence-corrected chi connectivity index (χ1v) is 14.5. The fourth-order valence-electron chi connectivity index (χ4n) is 5.33. The fraction of sp³-hybridized carbons (Fsp3) is 0.536. The number of aryl methyl sites for hydroxylation is 1. The first-order chi connectivity index (χ1) is 19.2. The number of nitrogens with two attached hydrogens (primary N) is 1. The van der Waals surface area contributed by atoms with E-state index >= 15 is 0 Å². The summed E-state index contributed by atoms with van der Waals surface area (Å²) in [5.41, 5.74) is 6.38. The highest BCUT2D eigenvalue weighted by Gasteiger charge is 2.45. The van der Waals surface area contributed by atoms with Crippen LogP contribution in [0.15, 0.2) is 18.7 Å². The summed E-state index contributed by atoms with van der Waals surface area (Å²) in [6, 6.07) is 4.02. The number of nitriles is 1. The maximum Gasteiger partial charge on any atom is 0.319 e. The summed E-state index contributed by atoms with van der Waals surface area (Å²) in [5, 5.41) is 28.2. The number of nitrogens with one attached hydrogen (secondary N) is 4. The Morgan fingerprint density at radius 1 is 1.45 bits per heavy atom. The number of rotatable bonds is 11. The molecule has 0 radical (unpaired) electrons. The van der Waals surface area contributed by atoms with Crippen LogP contribution in [0.25, 0.3) is 0 Å². The van der Waals surface area contributed by atoms with Gasteiger partial charge >= 0.3 is 6.01 Å². The van der Waals surface area contributed by atoms with Crippen LogP contribution >= 0.6 is 11.3 Å². The topological polar surface area (TPSA) is 165 Å². The number of carbonyl (C=O) groups excluding carboxylic acids is 1. The number of piperazine rings is 1. The Kier molecular flexibility index (Phi) is 9.40. The average molecular weight is 566 g/mol. The van der Waals surface area contributed by atoms with Gasteiger partial charge in [0.1, 0.15) is 28.7 Å². The van der Waals surface area contributed by atoms with Gasteiger partial charge in [-0.05, 0) is 52.1 Å². The molecule has 1 aliphatic heterocycles. The van der Waals surface area contributed by atoms with Gasteiger partial charge in [-0.3, -0.25) is 10.2 Å². The lowest BCUT2D eigenvalue weighted by Gasteiger charge is -2.29. The second-order valence-corrected chi connectivity index (χ2v) is 11.7. The molecule has 6 N–H and O–H groups in total. The van der Waals surface area contributed by atoms with Crippen LogP contribution in [0.4, 0.5) is 10.8 Å². The van der Waals surface area contributed by atoms with Gasteiger partial charge in [0.25, 0.3) is 0 Å². The molecule has 2 aliphatic rings. The van der Waals surface area contributed by atoms with Crippen molar-refractivity contribution in [2.24, 2.45) is 5.92 Å². The summed E-state index contributed by atoms with van der Waals surface area (Å²) in [6.45, 7) is 11.9. The number of amides is 1. The van der Waals surface area contributed by atoms with E-state index in [1.165, 1.54) is 11.3 Å². The zero-order chi connectivity index (χ0) is 28.9. The second kappa shape index (κ2) is 12.8. The van der Waals surface area contributed by atoms with Crippen molar-refractivity contribution in [2.45, 2.75) is 51.0 Å². The van der Waals surface area contributed by atoms with Gasteiger partial charge < -0.3 is 31.3 Å². The first-order valence-electron chi connectivity index (χ1n) is 13.7.